The molecule has 0 radical (unpaired) electrons. The largest absolute Gasteiger partial charge is 0.780 e. The average molecular weight is 2050 g/mol. The predicted octanol–water partition coefficient (Wildman–Crippen LogP) is -3.27. The van der Waals surface area contributed by atoms with E-state index >= 15 is 0 Å². The first-order valence-corrected chi connectivity index (χ1v) is 54.5. The molecule has 0 aromatic carbocycles. The summed E-state index contributed by atoms with van der Waals surface area (Å²) >= 11 is 32.9. The lowest BCUT2D eigenvalue weighted by molar-refractivity contribution is -0.222. The molecule has 0 aliphatic carbocycles. The fourth-order valence-electron chi connectivity index (χ4n) is 15.7. The molecule has 68 heteroatoms. The first-order chi connectivity index (χ1) is 62.2. The predicted molar refractivity (Wildman–Crippen MR) is 462 cm³/mol. The number of hydrogen-bond donors (Lipinski definition) is 9. The minimum atomic E-state index is -4.96. The smallest absolute Gasteiger partial charge is 0.330 e. The molecule has 10 aromatic heterocycles. The zero-order valence-corrected chi connectivity index (χ0v) is 78.3. The van der Waals surface area contributed by atoms with Gasteiger partial charge in [-0.05, 0) is 20.8 Å². The van der Waals surface area contributed by atoms with Crippen LogP contribution in [0.15, 0.2) is 76.2 Å². The molecule has 0 bridgehead atoms. The van der Waals surface area contributed by atoms with Crippen LogP contribution in [-0.4, -0.2) is 229 Å². The first kappa shape index (κ1) is 95.9. The highest BCUT2D eigenvalue weighted by Gasteiger charge is 2.51. The van der Waals surface area contributed by atoms with Gasteiger partial charge in [-0.25, -0.2) is 64.6 Å². The summed E-state index contributed by atoms with van der Waals surface area (Å²) in [6, 6.07) is 0. The van der Waals surface area contributed by atoms with Crippen LogP contribution in [0.25, 0.3) is 44.7 Å². The van der Waals surface area contributed by atoms with Crippen molar-refractivity contribution < 1.29 is 117 Å². The van der Waals surface area contributed by atoms with Gasteiger partial charge in [-0.3, -0.25) is 47.0 Å². The molecule has 7 aliphatic rings. The van der Waals surface area contributed by atoms with Crippen LogP contribution in [0.2, 0.25) is 0 Å². The van der Waals surface area contributed by atoms with Crippen LogP contribution in [0.3, 0.4) is 0 Å². The molecule has 6 fully saturated rings. The minimum absolute atomic E-state index is 0.0115. The second-order valence-electron chi connectivity index (χ2n) is 30.1. The Kier molecular flexibility index (Phi) is 28.0. The average Bonchev–Trinajstić information content (AvgIpc) is 1.62. The number of aryl methyl sites for hydroxylation is 1. The van der Waals surface area contributed by atoms with Crippen LogP contribution >= 0.6 is 40.3 Å². The molecular formula is C63H78N28O28P6S6-6. The number of imidazole rings is 5. The fraction of sp³-hybridized carbons (Fsp3) is 0.556. The molecule has 0 spiro atoms. The van der Waals surface area contributed by atoms with Gasteiger partial charge in [0.05, 0.1) is 108 Å². The Morgan fingerprint density at radius 2 is 0.840 bits per heavy atom. The van der Waals surface area contributed by atoms with E-state index in [1.165, 1.54) is 89.7 Å². The molecule has 0 amide bonds. The van der Waals surface area contributed by atoms with E-state index in [1.54, 1.807) is 11.5 Å². The number of aromatic nitrogens is 20. The lowest BCUT2D eigenvalue weighted by Gasteiger charge is -2.37. The summed E-state index contributed by atoms with van der Waals surface area (Å²) < 4.78 is 123. The van der Waals surface area contributed by atoms with Gasteiger partial charge in [-0.15, -0.1) is 0 Å². The van der Waals surface area contributed by atoms with E-state index in [1.807, 2.05) is 0 Å². The lowest BCUT2D eigenvalue weighted by atomic mass is 10.1. The number of hydrogen-bond acceptors (Lipinski definition) is 54. The summed E-state index contributed by atoms with van der Waals surface area (Å²) in [5.41, 5.74) is 35.7. The standard InChI is InChI=1S/C63H84N28O28P6S6/c1-5-102-120(95,126)119-47-36(113-60(48(47)101-4)91-24-79-44-51(66)72-19-75-55(44)91)16-107-125(100,131)118-30-9-40(89-22-78-45-52(67)81-61(68)82-56(45)89)111-35(30)15-106-122(97,128)115-28-7-37(86-11-25(2)58(92)85-63(86)94)109-32(28)12-104-123(98,129)116-29-8-39(88-21-77-43-50(65)71-18-74-54(43)88)110-33(29)14-105-124(99,130)117-31-10-41(90-23-80-46-57(90)83-62(69)84-59(46)93)112-34(31)13-103-121(96,127)114-27-6-38(108-26(27)3)87-20-76-42-49(64)70-17-73-53(42)87/h11,17-24,26-41,47-48,52,60H,5-10,12-16,67H2,1-4H3,(H,95,126)(H,96,127)(H,97,128)(H,98,129)(H,99,130)(H,100,131)(H2,64,70,73)(H2,65,71,74)(H2,66,72,75)(H3,68,81,82)(H,85,92,94)(H3,69,83,84,93)/p-6/t26-,27-,28-,29-,30-,31-,32-,33-,34-,35-,36-,37?,38?,39?,40?,41?,47+,48+,52?,60?,120?,121?,122?,123?,124?,125?/m1/s1. The van der Waals surface area contributed by atoms with Gasteiger partial charge in [-0.2, -0.15) is 4.98 Å². The highest BCUT2D eigenvalue weighted by atomic mass is 32.5. The van der Waals surface area contributed by atoms with Crippen LogP contribution in [0.4, 0.5) is 29.2 Å². The number of nitrogens with two attached hydrogens (primary N) is 6. The molecule has 26 atom stereocenters. The molecular weight excluding hydrogens is 1980 g/mol. The van der Waals surface area contributed by atoms with E-state index in [0.29, 0.717) is 11.2 Å². The van der Waals surface area contributed by atoms with Gasteiger partial charge in [0.25, 0.3) is 11.1 Å². The summed E-state index contributed by atoms with van der Waals surface area (Å²) in [5, 5.41) is 2.89. The zero-order valence-electron chi connectivity index (χ0n) is 68.0. The number of ether oxygens (including phenoxy) is 7. The van der Waals surface area contributed by atoms with Crippen LogP contribution in [0, 0.1) is 6.92 Å². The molecule has 0 saturated carbocycles. The number of nitrogens with zero attached hydrogens (tertiary/aromatic N) is 19. The van der Waals surface area contributed by atoms with Gasteiger partial charge in [-0.1, -0.05) is 70.8 Å². The molecule has 710 valence electrons. The van der Waals surface area contributed by atoms with Gasteiger partial charge in [0.15, 0.2) is 57.7 Å². The van der Waals surface area contributed by atoms with Crippen LogP contribution < -0.4 is 85.9 Å². The second-order valence-corrected chi connectivity index (χ2v) is 46.3. The van der Waals surface area contributed by atoms with Gasteiger partial charge in [0, 0.05) is 51.0 Å². The Labute approximate surface area is 766 Å². The van der Waals surface area contributed by atoms with Crippen molar-refractivity contribution in [2.45, 2.75) is 176 Å². The minimum Gasteiger partial charge on any atom is -0.780 e. The Morgan fingerprint density at radius 1 is 0.450 bits per heavy atom. The number of nitrogens with one attached hydrogen (secondary N) is 3. The number of nitrogen functional groups attached to an aromatic ring is 4. The van der Waals surface area contributed by atoms with Crippen molar-refractivity contribution >= 4 is 191 Å². The fourth-order valence-corrected chi connectivity index (χ4v) is 24.6. The van der Waals surface area contributed by atoms with Crippen molar-refractivity contribution in [3.8, 4) is 0 Å². The molecule has 15 N–H and O–H groups in total. The lowest BCUT2D eigenvalue weighted by Crippen LogP contribution is -2.38. The monoisotopic (exact) mass is 2050 g/mol. The molecule has 7 aliphatic heterocycles. The Bertz CT molecular complexity index is 6520. The van der Waals surface area contributed by atoms with Crippen molar-refractivity contribution in [3.63, 3.8) is 0 Å². The van der Waals surface area contributed by atoms with E-state index in [4.69, 9.17) is 193 Å². The summed E-state index contributed by atoms with van der Waals surface area (Å²) in [6.45, 7) is -27.8. The van der Waals surface area contributed by atoms with E-state index in [0.717, 1.165) is 10.9 Å². The third-order valence-corrected chi connectivity index (χ3v) is 31.2. The maximum atomic E-state index is 15.0. The molecule has 6 saturated heterocycles. The van der Waals surface area contributed by atoms with Gasteiger partial charge in [0.1, 0.15) is 167 Å². The number of fused-ring (bicyclic) bond motifs is 5. The number of guanidine groups is 1. The first-order valence-electron chi connectivity index (χ1n) is 39.2. The molecule has 17 rings (SSSR count). The summed E-state index contributed by atoms with van der Waals surface area (Å²) in [7, 11) is 1.30. The van der Waals surface area contributed by atoms with Crippen molar-refractivity contribution in [3.05, 3.63) is 99.3 Å². The maximum absolute atomic E-state index is 15.0. The third-order valence-electron chi connectivity index (χ3n) is 21.7. The Morgan fingerprint density at radius 3 is 1.31 bits per heavy atom. The molecule has 13 unspecified atom stereocenters. The van der Waals surface area contributed by atoms with E-state index in [2.05, 4.69) is 80.1 Å². The zero-order chi connectivity index (χ0) is 92.9. The highest BCUT2D eigenvalue weighted by molar-refractivity contribution is 8.08. The van der Waals surface area contributed by atoms with Crippen LogP contribution in [0.1, 0.15) is 101 Å². The van der Waals surface area contributed by atoms with E-state index in [-0.39, 0.29) is 112 Å². The molecule has 131 heavy (non-hydrogen) atoms. The van der Waals surface area contributed by atoms with Crippen molar-refractivity contribution in [2.24, 2.45) is 16.5 Å². The highest BCUT2D eigenvalue weighted by Crippen LogP contribution is 2.56. The third kappa shape index (κ3) is 20.9. The van der Waals surface area contributed by atoms with Crippen molar-refractivity contribution in [1.82, 2.24) is 97.2 Å². The van der Waals surface area contributed by atoms with Crippen molar-refractivity contribution in [1.29, 1.82) is 0 Å². The number of anilines is 5. The van der Waals surface area contributed by atoms with Gasteiger partial charge < -0.3 is 157 Å². The number of rotatable bonds is 36. The maximum Gasteiger partial charge on any atom is 0.330 e. The van der Waals surface area contributed by atoms with Gasteiger partial charge in [0.2, 0.25) is 5.95 Å². The molecule has 10 aromatic rings. The molecule has 17 heterocycles. The van der Waals surface area contributed by atoms with Crippen LogP contribution in [0.5, 0.6) is 0 Å². The summed E-state index contributed by atoms with van der Waals surface area (Å²) in [6.07, 6.45) is -14.8. The number of aliphatic imine (C=N–C) groups is 1. The second kappa shape index (κ2) is 38.3. The SMILES string of the molecule is CCOP([O-])(=S)O[C@@H]1[C@H](OC)C(n2cnc3c(N)ncnc32)O[C@@H]1COP([O-])(=S)O[C@@H]1CC(n2cnc3c2NC(N)=NC3N)O[C@@H]1COP([O-])(=S)O[C@@H]1CC(n2cc(C)c(=O)[nH]c2=O)O[C@@H]1COP([O-])(=S)O[C@@H]1CC(n2cnc3c(N)ncnc32)O[C@@H]1COP([O-])(=S)O[C@@H]1CC(n2cnc3c(=O)[nH]c(N)nc32)O[C@@H]1COP([O-])(=S)O[C@@H]1CC(n2cnc3c(N)ncnc32)O[C@@H]1C. The molecule has 56 nitrogen and oxygen atoms in total. The van der Waals surface area contributed by atoms with Gasteiger partial charge >= 0.3 is 5.69 Å². The Hall–Kier alpha value is -6.78. The quantitative estimate of drug-likeness (QED) is 0.0174. The number of H-pyrrole nitrogens is 2. The summed E-state index contributed by atoms with van der Waals surface area (Å²) in [4.78, 5) is 186. The number of aromatic amines is 2. The van der Waals surface area contributed by atoms with E-state index in [9.17, 15) is 43.7 Å². The Balaban J connectivity index is 0.590. The summed E-state index contributed by atoms with van der Waals surface area (Å²) in [5.74, 6) is 0.0159. The normalized spacial score (nSPS) is 30.3. The van der Waals surface area contributed by atoms with Crippen LogP contribution in [-0.2, 0) is 158 Å². The number of methoxy groups -OCH3 is 1. The topological polar surface area (TPSA) is 761 Å². The van der Waals surface area contributed by atoms with Crippen molar-refractivity contribution in [2.75, 3.05) is 75.0 Å². The van der Waals surface area contributed by atoms with E-state index < -0.39 is 219 Å².